The maximum absolute atomic E-state index is 12.5. The smallest absolute Gasteiger partial charge is 0.272 e. The van der Waals surface area contributed by atoms with Gasteiger partial charge < -0.3 is 4.74 Å². The highest BCUT2D eigenvalue weighted by atomic mass is 32.2. The van der Waals surface area contributed by atoms with Gasteiger partial charge in [-0.25, -0.2) is 13.4 Å². The van der Waals surface area contributed by atoms with Gasteiger partial charge in [-0.1, -0.05) is 6.42 Å². The van der Waals surface area contributed by atoms with Gasteiger partial charge in [0.05, 0.1) is 6.10 Å². The first kappa shape index (κ1) is 15.7. The van der Waals surface area contributed by atoms with Crippen LogP contribution < -0.4 is 10.3 Å². The van der Waals surface area contributed by atoms with Crippen LogP contribution >= 0.6 is 0 Å². The summed E-state index contributed by atoms with van der Waals surface area (Å²) in [6.07, 6.45) is 7.03. The van der Waals surface area contributed by atoms with Crippen molar-refractivity contribution in [3.05, 3.63) is 18.3 Å². The molecule has 2 aliphatic rings. The topological polar surface area (TPSA) is 72.8 Å². The zero-order valence-electron chi connectivity index (χ0n) is 12.8. The first-order chi connectivity index (χ1) is 10.7. The van der Waals surface area contributed by atoms with E-state index >= 15 is 0 Å². The molecule has 1 atom stereocenters. The Morgan fingerprint density at radius 1 is 1.23 bits per heavy atom. The molecule has 22 heavy (non-hydrogen) atoms. The molecule has 1 aromatic heterocycles. The summed E-state index contributed by atoms with van der Waals surface area (Å²) in [7, 11) is -3.36. The molecule has 2 saturated heterocycles. The minimum Gasteiger partial charge on any atom is -0.374 e. The van der Waals surface area contributed by atoms with Crippen LogP contribution in [0, 0.1) is 0 Å². The van der Waals surface area contributed by atoms with Crippen molar-refractivity contribution in [3.8, 4) is 0 Å². The van der Waals surface area contributed by atoms with Crippen LogP contribution in [0.2, 0.25) is 0 Å². The van der Waals surface area contributed by atoms with E-state index in [-0.39, 0.29) is 6.10 Å². The lowest BCUT2D eigenvalue weighted by Gasteiger charge is -2.25. The number of hydrogen-bond acceptors (Lipinski definition) is 4. The molecule has 0 spiro atoms. The maximum atomic E-state index is 12.5. The third kappa shape index (κ3) is 3.59. The first-order valence-electron chi connectivity index (χ1n) is 8.03. The Morgan fingerprint density at radius 2 is 2.05 bits per heavy atom. The lowest BCUT2D eigenvalue weighted by Crippen LogP contribution is -2.36. The van der Waals surface area contributed by atoms with Crippen molar-refractivity contribution >= 4 is 15.8 Å². The van der Waals surface area contributed by atoms with Gasteiger partial charge >= 0.3 is 0 Å². The van der Waals surface area contributed by atoms with Crippen molar-refractivity contribution in [2.75, 3.05) is 31.6 Å². The van der Waals surface area contributed by atoms with Crippen molar-refractivity contribution in [1.82, 2.24) is 4.31 Å². The van der Waals surface area contributed by atoms with Gasteiger partial charge in [0.15, 0.2) is 0 Å². The zero-order chi connectivity index (χ0) is 15.4. The minimum atomic E-state index is -3.36. The van der Waals surface area contributed by atoms with Crippen molar-refractivity contribution < 1.29 is 18.1 Å². The standard InChI is InChI=1S/C15H23N3O3S/c19-22(20,18-8-2-1-3-9-18)14-6-7-15(17-12-14)16-11-13-5-4-10-21-13/h6-7,12-13H,1-5,8-11H2,(H,16,17)/p+1/t13-/m0/s1. The monoisotopic (exact) mass is 326 g/mol. The lowest BCUT2D eigenvalue weighted by molar-refractivity contribution is -0.364. The molecule has 3 heterocycles. The average Bonchev–Trinajstić information content (AvgIpc) is 3.08. The number of pyridine rings is 1. The Morgan fingerprint density at radius 3 is 2.68 bits per heavy atom. The van der Waals surface area contributed by atoms with Gasteiger partial charge in [-0.15, -0.1) is 0 Å². The number of anilines is 1. The van der Waals surface area contributed by atoms with E-state index in [0.717, 1.165) is 51.1 Å². The van der Waals surface area contributed by atoms with Crippen LogP contribution in [0.1, 0.15) is 32.1 Å². The van der Waals surface area contributed by atoms with Gasteiger partial charge in [-0.3, -0.25) is 5.32 Å². The van der Waals surface area contributed by atoms with Crippen LogP contribution in [0.4, 0.5) is 5.82 Å². The molecule has 0 radical (unpaired) electrons. The fourth-order valence-electron chi connectivity index (χ4n) is 2.96. The molecule has 7 heteroatoms. The molecule has 0 aromatic carbocycles. The average molecular weight is 326 g/mol. The molecule has 2 aliphatic heterocycles. The molecule has 1 aromatic rings. The van der Waals surface area contributed by atoms with E-state index < -0.39 is 10.0 Å². The second-order valence-corrected chi connectivity index (χ2v) is 7.86. The van der Waals surface area contributed by atoms with Gasteiger partial charge in [0.25, 0.3) is 5.82 Å². The largest absolute Gasteiger partial charge is 0.374 e. The molecule has 2 N–H and O–H groups in total. The van der Waals surface area contributed by atoms with Crippen LogP contribution in [-0.2, 0) is 14.8 Å². The summed E-state index contributed by atoms with van der Waals surface area (Å²) in [4.78, 5) is 3.36. The molecule has 3 rings (SSSR count). The highest BCUT2D eigenvalue weighted by molar-refractivity contribution is 7.89. The molecule has 0 unspecified atom stereocenters. The number of sulfonamides is 1. The Hall–Kier alpha value is -1.18. The van der Waals surface area contributed by atoms with Gasteiger partial charge in [-0.05, 0) is 31.7 Å². The van der Waals surface area contributed by atoms with E-state index in [9.17, 15) is 8.42 Å². The minimum absolute atomic E-state index is 0.255. The van der Waals surface area contributed by atoms with E-state index in [1.54, 1.807) is 22.6 Å². The number of rotatable bonds is 5. The number of ether oxygens (including phenoxy) is 1. The fourth-order valence-corrected chi connectivity index (χ4v) is 4.45. The second kappa shape index (κ2) is 6.93. The van der Waals surface area contributed by atoms with Gasteiger partial charge in [0.2, 0.25) is 10.0 Å². The second-order valence-electron chi connectivity index (χ2n) is 5.92. The highest BCUT2D eigenvalue weighted by Gasteiger charge is 2.27. The highest BCUT2D eigenvalue weighted by Crippen LogP contribution is 2.20. The van der Waals surface area contributed by atoms with E-state index in [2.05, 4.69) is 10.3 Å². The summed E-state index contributed by atoms with van der Waals surface area (Å²) in [5.74, 6) is 0.813. The zero-order valence-corrected chi connectivity index (χ0v) is 13.6. The number of aromatic nitrogens is 1. The Balaban J connectivity index is 1.62. The third-order valence-corrected chi connectivity index (χ3v) is 6.18. The number of piperidine rings is 1. The molecule has 0 saturated carbocycles. The molecule has 6 nitrogen and oxygen atoms in total. The number of nitrogens with zero attached hydrogens (tertiary/aromatic N) is 1. The van der Waals surface area contributed by atoms with Crippen molar-refractivity contribution in [2.45, 2.75) is 43.1 Å². The van der Waals surface area contributed by atoms with Crippen LogP contribution in [0.25, 0.3) is 0 Å². The molecular weight excluding hydrogens is 302 g/mol. The fraction of sp³-hybridized carbons (Fsp3) is 0.667. The Bertz CT molecular complexity index is 577. The summed E-state index contributed by atoms with van der Waals surface area (Å²) in [6.45, 7) is 2.83. The summed E-state index contributed by atoms with van der Waals surface area (Å²) in [6, 6.07) is 3.45. The number of hydrogen-bond donors (Lipinski definition) is 1. The Kier molecular flexibility index (Phi) is 4.95. The van der Waals surface area contributed by atoms with E-state index in [0.29, 0.717) is 18.0 Å². The molecule has 0 amide bonds. The Labute approximate surface area is 131 Å². The van der Waals surface area contributed by atoms with Crippen LogP contribution in [0.5, 0.6) is 0 Å². The van der Waals surface area contributed by atoms with Gasteiger partial charge in [0, 0.05) is 25.8 Å². The predicted octanol–water partition coefficient (Wildman–Crippen LogP) is 1.27. The summed E-state index contributed by atoms with van der Waals surface area (Å²) >= 11 is 0. The van der Waals surface area contributed by atoms with Crippen molar-refractivity contribution in [3.63, 3.8) is 0 Å². The summed E-state index contributed by atoms with van der Waals surface area (Å²) in [5.41, 5.74) is 0. The van der Waals surface area contributed by atoms with Gasteiger partial charge in [0.1, 0.15) is 17.6 Å². The SMILES string of the molecule is O=S(=O)(c1ccc(NC[C@@H]2CCCO2)[nH+]c1)N1CCCCC1. The number of nitrogens with one attached hydrogen (secondary N) is 2. The van der Waals surface area contributed by atoms with E-state index in [4.69, 9.17) is 4.74 Å². The van der Waals surface area contributed by atoms with E-state index in [1.165, 1.54) is 0 Å². The van der Waals surface area contributed by atoms with Gasteiger partial charge in [-0.2, -0.15) is 4.31 Å². The van der Waals surface area contributed by atoms with Crippen LogP contribution in [-0.4, -0.2) is 45.1 Å². The summed E-state index contributed by atoms with van der Waals surface area (Å²) < 4.78 is 32.2. The third-order valence-electron chi connectivity index (χ3n) is 4.28. The molecular formula is C15H24N3O3S+. The molecule has 0 bridgehead atoms. The summed E-state index contributed by atoms with van der Waals surface area (Å²) in [5, 5.41) is 3.26. The predicted molar refractivity (Wildman–Crippen MR) is 83.1 cm³/mol. The number of H-pyrrole nitrogens is 1. The molecule has 0 aliphatic carbocycles. The van der Waals surface area contributed by atoms with Crippen molar-refractivity contribution in [2.24, 2.45) is 0 Å². The quantitative estimate of drug-likeness (QED) is 0.884. The maximum Gasteiger partial charge on any atom is 0.272 e. The molecule has 2 fully saturated rings. The van der Waals surface area contributed by atoms with Crippen molar-refractivity contribution in [1.29, 1.82) is 0 Å². The lowest BCUT2D eigenvalue weighted by atomic mass is 10.2. The van der Waals surface area contributed by atoms with Crippen LogP contribution in [0.3, 0.4) is 0 Å². The first-order valence-corrected chi connectivity index (χ1v) is 9.48. The number of aromatic amines is 1. The van der Waals surface area contributed by atoms with E-state index in [1.807, 2.05) is 0 Å². The van der Waals surface area contributed by atoms with Crippen LogP contribution in [0.15, 0.2) is 23.2 Å². The molecule has 122 valence electrons. The normalized spacial score (nSPS) is 23.5.